The van der Waals surface area contributed by atoms with Crippen molar-refractivity contribution in [2.24, 2.45) is 0 Å². The molecule has 0 radical (unpaired) electrons. The Kier molecular flexibility index (Phi) is 5.73. The maximum Gasteiger partial charge on any atom is 0.226 e. The van der Waals surface area contributed by atoms with Crippen molar-refractivity contribution in [3.05, 3.63) is 36.5 Å². The molecule has 0 unspecified atom stereocenters. The molecule has 2 aliphatic rings. The molecular formula is C22H28N10. The smallest absolute Gasteiger partial charge is 0.226 e. The second-order valence-electron chi connectivity index (χ2n) is 8.66. The molecule has 3 atom stereocenters. The topological polar surface area (TPSA) is 123 Å². The van der Waals surface area contributed by atoms with Crippen LogP contribution in [0.5, 0.6) is 0 Å². The van der Waals surface area contributed by atoms with Gasteiger partial charge in [-0.2, -0.15) is 20.3 Å². The Morgan fingerprint density at radius 2 is 2.03 bits per heavy atom. The predicted molar refractivity (Wildman–Crippen MR) is 121 cm³/mol. The number of rotatable bonds is 7. The van der Waals surface area contributed by atoms with Crippen molar-refractivity contribution in [3.63, 3.8) is 0 Å². The second-order valence-corrected chi connectivity index (χ2v) is 8.66. The molecule has 2 fully saturated rings. The van der Waals surface area contributed by atoms with E-state index in [1.165, 1.54) is 19.3 Å². The molecule has 2 saturated heterocycles. The molecule has 32 heavy (non-hydrogen) atoms. The van der Waals surface area contributed by atoms with Crippen LogP contribution in [0.2, 0.25) is 0 Å². The number of aryl methyl sites for hydroxylation is 1. The van der Waals surface area contributed by atoms with Gasteiger partial charge in [-0.05, 0) is 32.6 Å². The first-order valence-corrected chi connectivity index (χ1v) is 11.2. The van der Waals surface area contributed by atoms with Crippen molar-refractivity contribution in [2.75, 3.05) is 17.2 Å². The van der Waals surface area contributed by atoms with E-state index in [2.05, 4.69) is 36.8 Å². The summed E-state index contributed by atoms with van der Waals surface area (Å²) in [6.07, 6.45) is 11.7. The summed E-state index contributed by atoms with van der Waals surface area (Å²) in [7, 11) is 0. The van der Waals surface area contributed by atoms with Crippen molar-refractivity contribution in [2.45, 2.75) is 63.6 Å². The van der Waals surface area contributed by atoms with Gasteiger partial charge in [0.15, 0.2) is 5.82 Å². The summed E-state index contributed by atoms with van der Waals surface area (Å²) >= 11 is 0. The van der Waals surface area contributed by atoms with Crippen LogP contribution in [0, 0.1) is 18.3 Å². The van der Waals surface area contributed by atoms with Gasteiger partial charge >= 0.3 is 0 Å². The van der Waals surface area contributed by atoms with Gasteiger partial charge in [0, 0.05) is 61.3 Å². The van der Waals surface area contributed by atoms with E-state index in [0.717, 1.165) is 30.9 Å². The Hall–Kier alpha value is -3.45. The first-order valence-electron chi connectivity index (χ1n) is 11.2. The number of nitrogens with one attached hydrogen (secondary N) is 3. The van der Waals surface area contributed by atoms with Crippen molar-refractivity contribution in [1.29, 1.82) is 5.26 Å². The average molecular weight is 433 g/mol. The van der Waals surface area contributed by atoms with Gasteiger partial charge < -0.3 is 10.6 Å². The fraction of sp³-hybridized carbons (Fsp3) is 0.500. The minimum Gasteiger partial charge on any atom is -0.351 e. The molecule has 166 valence electrons. The largest absolute Gasteiger partial charge is 0.351 e. The van der Waals surface area contributed by atoms with E-state index in [9.17, 15) is 0 Å². The van der Waals surface area contributed by atoms with E-state index in [4.69, 9.17) is 15.2 Å². The van der Waals surface area contributed by atoms with Crippen LogP contribution in [-0.4, -0.2) is 59.3 Å². The van der Waals surface area contributed by atoms with Gasteiger partial charge in [-0.25, -0.2) is 4.98 Å². The lowest BCUT2D eigenvalue weighted by atomic mass is 9.81. The average Bonchev–Trinajstić information content (AvgIpc) is 3.44. The zero-order chi connectivity index (χ0) is 21.9. The lowest BCUT2D eigenvalue weighted by Crippen LogP contribution is -2.55. The number of hydrogen-bond donors (Lipinski definition) is 3. The number of piperidine rings is 2. The quantitative estimate of drug-likeness (QED) is 0.520. The Morgan fingerprint density at radius 3 is 2.72 bits per heavy atom. The predicted octanol–water partition coefficient (Wildman–Crippen LogP) is 3.15. The molecule has 0 amide bonds. The Morgan fingerprint density at radius 1 is 1.19 bits per heavy atom. The van der Waals surface area contributed by atoms with Crippen molar-refractivity contribution in [3.8, 4) is 11.9 Å². The molecule has 0 saturated carbocycles. The summed E-state index contributed by atoms with van der Waals surface area (Å²) in [5, 5.41) is 23.1. The van der Waals surface area contributed by atoms with Crippen LogP contribution in [0.15, 0.2) is 30.9 Å². The van der Waals surface area contributed by atoms with Crippen molar-refractivity contribution >= 4 is 17.6 Å². The van der Waals surface area contributed by atoms with E-state index < -0.39 is 0 Å². The summed E-state index contributed by atoms with van der Waals surface area (Å²) in [6, 6.07) is 7.48. The number of aromatic nitrogens is 6. The minimum absolute atomic E-state index is 0.308. The third-order valence-electron chi connectivity index (χ3n) is 6.38. The van der Waals surface area contributed by atoms with Crippen LogP contribution in [0.25, 0.3) is 5.82 Å². The molecule has 0 aromatic carbocycles. The van der Waals surface area contributed by atoms with E-state index in [1.54, 1.807) is 12.5 Å². The molecule has 2 aliphatic heterocycles. The Bertz CT molecular complexity index is 1070. The summed E-state index contributed by atoms with van der Waals surface area (Å²) in [6.45, 7) is 2.84. The molecular weight excluding hydrogens is 404 g/mol. The molecule has 5 rings (SSSR count). The normalized spacial score (nSPS) is 22.9. The molecule has 2 bridgehead atoms. The minimum atomic E-state index is 0.308. The molecule has 0 aliphatic carbocycles. The van der Waals surface area contributed by atoms with Crippen LogP contribution in [0.4, 0.5) is 17.6 Å². The Labute approximate surface area is 187 Å². The van der Waals surface area contributed by atoms with Crippen molar-refractivity contribution < 1.29 is 0 Å². The molecule has 10 heteroatoms. The van der Waals surface area contributed by atoms with Crippen molar-refractivity contribution in [1.82, 2.24) is 34.6 Å². The van der Waals surface area contributed by atoms with Crippen LogP contribution in [0.1, 0.15) is 44.2 Å². The lowest BCUT2D eigenvalue weighted by molar-refractivity contribution is 0.0369. The number of aromatic amines is 1. The van der Waals surface area contributed by atoms with Gasteiger partial charge in [0.05, 0.1) is 6.07 Å². The first-order chi connectivity index (χ1) is 15.7. The SMILES string of the molecule is Cc1cc(Nc2cc(-n3ccnc3)nc(N[C@@H]3C[C@H]4CCC[C@@H](C3)N4CCC#N)n2)n[nH]1. The number of H-pyrrole nitrogens is 1. The van der Waals surface area contributed by atoms with E-state index in [-0.39, 0.29) is 0 Å². The lowest BCUT2D eigenvalue weighted by Gasteiger charge is -2.48. The standard InChI is InChI=1S/C22H28N10/c1-15-10-20(30-29-15)26-19-13-21(31-9-7-24-14-31)28-22(27-19)25-16-11-17-4-2-5-18(12-16)32(17)8-3-6-23/h7,9-10,13-14,16-18H,2-5,8,11-12H2,1H3,(H3,25,26,27,28,29,30)/t16-,17-,18+. The number of fused-ring (bicyclic) bond motifs is 2. The zero-order valence-electron chi connectivity index (χ0n) is 18.2. The number of nitrogens with zero attached hydrogens (tertiary/aromatic N) is 7. The summed E-state index contributed by atoms with van der Waals surface area (Å²) in [4.78, 5) is 16.2. The first kappa shape index (κ1) is 20.5. The summed E-state index contributed by atoms with van der Waals surface area (Å²) in [5.41, 5.74) is 0.976. The van der Waals surface area contributed by atoms with Gasteiger partial charge in [-0.15, -0.1) is 0 Å². The van der Waals surface area contributed by atoms with E-state index >= 15 is 0 Å². The zero-order valence-corrected chi connectivity index (χ0v) is 18.2. The molecule has 10 nitrogen and oxygen atoms in total. The fourth-order valence-corrected chi connectivity index (χ4v) is 5.03. The third kappa shape index (κ3) is 4.43. The van der Waals surface area contributed by atoms with E-state index in [1.807, 2.05) is 29.8 Å². The number of anilines is 3. The highest BCUT2D eigenvalue weighted by molar-refractivity contribution is 5.56. The summed E-state index contributed by atoms with van der Waals surface area (Å²) in [5.74, 6) is 2.72. The van der Waals surface area contributed by atoms with Gasteiger partial charge in [0.1, 0.15) is 18.0 Å². The maximum absolute atomic E-state index is 9.02. The van der Waals surface area contributed by atoms with Crippen LogP contribution >= 0.6 is 0 Å². The van der Waals surface area contributed by atoms with Crippen LogP contribution < -0.4 is 10.6 Å². The van der Waals surface area contributed by atoms with Gasteiger partial charge in [-0.1, -0.05) is 6.42 Å². The third-order valence-corrected chi connectivity index (χ3v) is 6.38. The molecule has 0 spiro atoms. The Balaban J connectivity index is 1.36. The molecule has 3 N–H and O–H groups in total. The van der Waals surface area contributed by atoms with Gasteiger partial charge in [-0.3, -0.25) is 14.6 Å². The van der Waals surface area contributed by atoms with Gasteiger partial charge in [0.25, 0.3) is 0 Å². The number of imidazole rings is 1. The highest BCUT2D eigenvalue weighted by Gasteiger charge is 2.38. The van der Waals surface area contributed by atoms with Crippen LogP contribution in [-0.2, 0) is 0 Å². The highest BCUT2D eigenvalue weighted by Crippen LogP contribution is 2.35. The highest BCUT2D eigenvalue weighted by atomic mass is 15.3. The summed E-state index contributed by atoms with van der Waals surface area (Å²) < 4.78 is 1.87. The number of hydrogen-bond acceptors (Lipinski definition) is 8. The number of nitriles is 1. The molecule has 3 aromatic rings. The monoisotopic (exact) mass is 432 g/mol. The molecule has 3 aromatic heterocycles. The fourth-order valence-electron chi connectivity index (χ4n) is 5.03. The molecule has 5 heterocycles. The van der Waals surface area contributed by atoms with Crippen LogP contribution in [0.3, 0.4) is 0 Å². The van der Waals surface area contributed by atoms with E-state index in [0.29, 0.717) is 42.1 Å². The second kappa shape index (κ2) is 8.96. The maximum atomic E-state index is 9.02. The van der Waals surface area contributed by atoms with Gasteiger partial charge in [0.2, 0.25) is 5.95 Å².